The molecular formula is C14H23N3O. The Morgan fingerprint density at radius 1 is 1.33 bits per heavy atom. The van der Waals surface area contributed by atoms with Crippen LogP contribution in [0.1, 0.15) is 49.0 Å². The first kappa shape index (κ1) is 13.4. The third-order valence-corrected chi connectivity index (χ3v) is 3.31. The Morgan fingerprint density at radius 3 is 2.89 bits per heavy atom. The van der Waals surface area contributed by atoms with E-state index in [0.29, 0.717) is 5.92 Å². The Kier molecular flexibility index (Phi) is 4.66. The fourth-order valence-corrected chi connectivity index (χ4v) is 2.41. The molecule has 2 rings (SSSR count). The molecular weight excluding hydrogens is 226 g/mol. The molecule has 0 amide bonds. The van der Waals surface area contributed by atoms with Gasteiger partial charge in [-0.1, -0.05) is 13.8 Å². The van der Waals surface area contributed by atoms with E-state index in [1.807, 2.05) is 0 Å². The van der Waals surface area contributed by atoms with Crippen molar-refractivity contribution in [1.29, 1.82) is 0 Å². The van der Waals surface area contributed by atoms with Crippen molar-refractivity contribution in [2.75, 3.05) is 20.3 Å². The van der Waals surface area contributed by atoms with Crippen LogP contribution in [0.15, 0.2) is 0 Å². The molecule has 0 radical (unpaired) electrons. The van der Waals surface area contributed by atoms with E-state index < -0.39 is 0 Å². The number of aromatic nitrogens is 2. The summed E-state index contributed by atoms with van der Waals surface area (Å²) in [6.07, 6.45) is 2.95. The standard InChI is InChI=1S/C14H23N3O/c1-10(2)14-11-6-7-15-9-12(11)16-13(17-14)5-4-8-18-3/h10,15H,4-9H2,1-3H3. The topological polar surface area (TPSA) is 47.0 Å². The van der Waals surface area contributed by atoms with Crippen LogP contribution < -0.4 is 5.32 Å². The number of nitrogens with one attached hydrogen (secondary N) is 1. The molecule has 1 aromatic rings. The number of fused-ring (bicyclic) bond motifs is 1. The maximum atomic E-state index is 5.09. The number of methoxy groups -OCH3 is 1. The highest BCUT2D eigenvalue weighted by atomic mass is 16.5. The Labute approximate surface area is 109 Å². The molecule has 1 aromatic heterocycles. The highest BCUT2D eigenvalue weighted by Gasteiger charge is 2.18. The molecule has 18 heavy (non-hydrogen) atoms. The second-order valence-corrected chi connectivity index (χ2v) is 5.13. The van der Waals surface area contributed by atoms with Gasteiger partial charge in [-0.3, -0.25) is 0 Å². The molecule has 0 spiro atoms. The van der Waals surface area contributed by atoms with Crippen molar-refractivity contribution in [1.82, 2.24) is 15.3 Å². The fraction of sp³-hybridized carbons (Fsp3) is 0.714. The minimum Gasteiger partial charge on any atom is -0.385 e. The Hall–Kier alpha value is -1.00. The quantitative estimate of drug-likeness (QED) is 0.809. The van der Waals surface area contributed by atoms with Crippen LogP contribution in [-0.2, 0) is 24.1 Å². The van der Waals surface area contributed by atoms with Crippen LogP contribution in [0.4, 0.5) is 0 Å². The molecule has 0 unspecified atom stereocenters. The maximum Gasteiger partial charge on any atom is 0.129 e. The normalized spacial score (nSPS) is 14.9. The predicted octanol–water partition coefficient (Wildman–Crippen LogP) is 1.82. The number of aryl methyl sites for hydroxylation is 1. The van der Waals surface area contributed by atoms with Crippen LogP contribution in [0.25, 0.3) is 0 Å². The second kappa shape index (κ2) is 6.25. The summed E-state index contributed by atoms with van der Waals surface area (Å²) in [7, 11) is 1.73. The van der Waals surface area contributed by atoms with E-state index in [2.05, 4.69) is 19.2 Å². The average molecular weight is 249 g/mol. The van der Waals surface area contributed by atoms with Gasteiger partial charge in [-0.15, -0.1) is 0 Å². The minimum absolute atomic E-state index is 0.473. The van der Waals surface area contributed by atoms with Crippen molar-refractivity contribution in [2.24, 2.45) is 0 Å². The van der Waals surface area contributed by atoms with Crippen molar-refractivity contribution in [3.63, 3.8) is 0 Å². The first-order valence-electron chi connectivity index (χ1n) is 6.80. The van der Waals surface area contributed by atoms with Gasteiger partial charge in [0.1, 0.15) is 5.82 Å². The Bertz CT molecular complexity index is 404. The van der Waals surface area contributed by atoms with Crippen LogP contribution in [-0.4, -0.2) is 30.2 Å². The summed E-state index contributed by atoms with van der Waals surface area (Å²) >= 11 is 0. The van der Waals surface area contributed by atoms with Gasteiger partial charge in [-0.05, 0) is 30.9 Å². The van der Waals surface area contributed by atoms with Gasteiger partial charge in [0, 0.05) is 26.7 Å². The van der Waals surface area contributed by atoms with E-state index in [0.717, 1.165) is 44.8 Å². The van der Waals surface area contributed by atoms with Gasteiger partial charge < -0.3 is 10.1 Å². The van der Waals surface area contributed by atoms with Crippen molar-refractivity contribution in [3.05, 3.63) is 22.8 Å². The van der Waals surface area contributed by atoms with E-state index in [1.54, 1.807) is 7.11 Å². The zero-order valence-electron chi connectivity index (χ0n) is 11.6. The van der Waals surface area contributed by atoms with Crippen LogP contribution in [0.2, 0.25) is 0 Å². The van der Waals surface area contributed by atoms with Crippen molar-refractivity contribution in [3.8, 4) is 0 Å². The zero-order valence-corrected chi connectivity index (χ0v) is 11.6. The lowest BCUT2D eigenvalue weighted by Crippen LogP contribution is -2.27. The average Bonchev–Trinajstić information content (AvgIpc) is 2.38. The summed E-state index contributed by atoms with van der Waals surface area (Å²) in [5.74, 6) is 1.44. The summed E-state index contributed by atoms with van der Waals surface area (Å²) in [5.41, 5.74) is 3.82. The second-order valence-electron chi connectivity index (χ2n) is 5.13. The monoisotopic (exact) mass is 249 g/mol. The summed E-state index contributed by atoms with van der Waals surface area (Å²) < 4.78 is 5.09. The molecule has 4 heteroatoms. The molecule has 2 heterocycles. The lowest BCUT2D eigenvalue weighted by molar-refractivity contribution is 0.194. The molecule has 0 bridgehead atoms. The van der Waals surface area contributed by atoms with Gasteiger partial charge in [-0.25, -0.2) is 9.97 Å². The third-order valence-electron chi connectivity index (χ3n) is 3.31. The maximum absolute atomic E-state index is 5.09. The number of ether oxygens (including phenoxy) is 1. The lowest BCUT2D eigenvalue weighted by atomic mass is 9.97. The number of rotatable bonds is 5. The lowest BCUT2D eigenvalue weighted by Gasteiger charge is -2.21. The number of hydrogen-bond acceptors (Lipinski definition) is 4. The summed E-state index contributed by atoms with van der Waals surface area (Å²) in [4.78, 5) is 9.46. The summed E-state index contributed by atoms with van der Waals surface area (Å²) in [6, 6.07) is 0. The smallest absolute Gasteiger partial charge is 0.129 e. The van der Waals surface area contributed by atoms with E-state index in [1.165, 1.54) is 17.0 Å². The van der Waals surface area contributed by atoms with Gasteiger partial charge in [0.2, 0.25) is 0 Å². The molecule has 1 aliphatic heterocycles. The highest BCUT2D eigenvalue weighted by molar-refractivity contribution is 5.30. The van der Waals surface area contributed by atoms with Gasteiger partial charge >= 0.3 is 0 Å². The van der Waals surface area contributed by atoms with Gasteiger partial charge in [-0.2, -0.15) is 0 Å². The molecule has 0 aromatic carbocycles. The Balaban J connectivity index is 2.24. The SMILES string of the molecule is COCCCc1nc2c(c(C(C)C)n1)CCNC2. The predicted molar refractivity (Wildman–Crippen MR) is 71.7 cm³/mol. The molecule has 0 saturated heterocycles. The largest absolute Gasteiger partial charge is 0.385 e. The van der Waals surface area contributed by atoms with Gasteiger partial charge in [0.05, 0.1) is 11.4 Å². The molecule has 0 fully saturated rings. The molecule has 0 saturated carbocycles. The van der Waals surface area contributed by atoms with Crippen LogP contribution in [0.5, 0.6) is 0 Å². The molecule has 0 atom stereocenters. The molecule has 4 nitrogen and oxygen atoms in total. The fourth-order valence-electron chi connectivity index (χ4n) is 2.41. The summed E-state index contributed by atoms with van der Waals surface area (Å²) in [6.45, 7) is 7.12. The van der Waals surface area contributed by atoms with Crippen molar-refractivity contribution >= 4 is 0 Å². The zero-order chi connectivity index (χ0) is 13.0. The summed E-state index contributed by atoms with van der Waals surface area (Å²) in [5, 5.41) is 3.39. The van der Waals surface area contributed by atoms with Crippen molar-refractivity contribution in [2.45, 2.75) is 45.6 Å². The van der Waals surface area contributed by atoms with E-state index >= 15 is 0 Å². The highest BCUT2D eigenvalue weighted by Crippen LogP contribution is 2.22. The first-order valence-corrected chi connectivity index (χ1v) is 6.80. The van der Waals surface area contributed by atoms with Gasteiger partial charge in [0.15, 0.2) is 0 Å². The molecule has 100 valence electrons. The molecule has 1 aliphatic rings. The molecule has 0 aliphatic carbocycles. The first-order chi connectivity index (χ1) is 8.72. The number of hydrogen-bond donors (Lipinski definition) is 1. The van der Waals surface area contributed by atoms with E-state index in [-0.39, 0.29) is 0 Å². The minimum atomic E-state index is 0.473. The molecule has 1 N–H and O–H groups in total. The number of nitrogens with zero attached hydrogens (tertiary/aromatic N) is 2. The Morgan fingerprint density at radius 2 is 2.17 bits per heavy atom. The van der Waals surface area contributed by atoms with Crippen LogP contribution in [0.3, 0.4) is 0 Å². The van der Waals surface area contributed by atoms with E-state index in [4.69, 9.17) is 14.7 Å². The third kappa shape index (κ3) is 3.06. The van der Waals surface area contributed by atoms with E-state index in [9.17, 15) is 0 Å². The van der Waals surface area contributed by atoms with Gasteiger partial charge in [0.25, 0.3) is 0 Å². The van der Waals surface area contributed by atoms with Crippen LogP contribution >= 0.6 is 0 Å². The van der Waals surface area contributed by atoms with Crippen LogP contribution in [0, 0.1) is 0 Å². The van der Waals surface area contributed by atoms with Crippen molar-refractivity contribution < 1.29 is 4.74 Å².